The predicted octanol–water partition coefficient (Wildman–Crippen LogP) is 2.33. The second-order valence-electron chi connectivity index (χ2n) is 7.44. The second kappa shape index (κ2) is 5.05. The van der Waals surface area contributed by atoms with Gasteiger partial charge in [-0.2, -0.15) is 0 Å². The van der Waals surface area contributed by atoms with Crippen molar-refractivity contribution in [1.29, 1.82) is 0 Å². The highest BCUT2D eigenvalue weighted by molar-refractivity contribution is 7.13. The summed E-state index contributed by atoms with van der Waals surface area (Å²) in [6.45, 7) is 0. The fourth-order valence-corrected chi connectivity index (χ4v) is 5.95. The number of rotatable bonds is 4. The van der Waals surface area contributed by atoms with E-state index in [0.29, 0.717) is 10.8 Å². The highest BCUT2D eigenvalue weighted by Gasteiger charge is 2.54. The number of nitrogens with two attached hydrogens (primary N) is 1. The molecule has 0 unspecified atom stereocenters. The van der Waals surface area contributed by atoms with Crippen molar-refractivity contribution in [2.45, 2.75) is 44.9 Å². The Balaban J connectivity index is 1.48. The van der Waals surface area contributed by atoms with E-state index in [-0.39, 0.29) is 17.7 Å². The van der Waals surface area contributed by atoms with Crippen molar-refractivity contribution in [2.24, 2.45) is 28.9 Å². The third kappa shape index (κ3) is 2.43. The van der Waals surface area contributed by atoms with Gasteiger partial charge in [-0.15, -0.1) is 11.3 Å². The molecule has 0 radical (unpaired) electrons. The first-order valence-corrected chi connectivity index (χ1v) is 8.94. The van der Waals surface area contributed by atoms with E-state index in [4.69, 9.17) is 5.73 Å². The maximum absolute atomic E-state index is 12.9. The molecule has 5 rings (SSSR count). The first kappa shape index (κ1) is 14.2. The number of hydrogen-bond donors (Lipinski definition) is 2. The van der Waals surface area contributed by atoms with Crippen LogP contribution in [0.1, 0.15) is 44.2 Å². The van der Waals surface area contributed by atoms with Crippen LogP contribution in [0.4, 0.5) is 5.13 Å². The van der Waals surface area contributed by atoms with Crippen molar-refractivity contribution in [3.8, 4) is 0 Å². The monoisotopic (exact) mass is 319 g/mol. The highest BCUT2D eigenvalue weighted by Crippen LogP contribution is 2.60. The Morgan fingerprint density at radius 3 is 2.36 bits per heavy atom. The molecule has 1 aromatic rings. The highest BCUT2D eigenvalue weighted by atomic mass is 32.1. The van der Waals surface area contributed by atoms with Crippen LogP contribution < -0.4 is 11.1 Å². The van der Waals surface area contributed by atoms with Gasteiger partial charge in [-0.05, 0) is 56.3 Å². The predicted molar refractivity (Wildman–Crippen MR) is 84.2 cm³/mol. The van der Waals surface area contributed by atoms with Crippen LogP contribution in [0.5, 0.6) is 0 Å². The number of carbonyl (C=O) groups excluding carboxylic acids is 2. The quantitative estimate of drug-likeness (QED) is 0.893. The summed E-state index contributed by atoms with van der Waals surface area (Å²) in [4.78, 5) is 28.1. The molecule has 22 heavy (non-hydrogen) atoms. The van der Waals surface area contributed by atoms with Gasteiger partial charge in [0.15, 0.2) is 5.13 Å². The van der Waals surface area contributed by atoms with Gasteiger partial charge >= 0.3 is 0 Å². The summed E-state index contributed by atoms with van der Waals surface area (Å²) in [6.07, 6.45) is 7.24. The average Bonchev–Trinajstić information content (AvgIpc) is 2.83. The van der Waals surface area contributed by atoms with Gasteiger partial charge in [-0.1, -0.05) is 0 Å². The van der Waals surface area contributed by atoms with Gasteiger partial charge < -0.3 is 11.1 Å². The van der Waals surface area contributed by atoms with Gasteiger partial charge in [0.25, 0.3) is 0 Å². The maximum atomic E-state index is 12.9. The lowest BCUT2D eigenvalue weighted by Crippen LogP contribution is -2.51. The summed E-state index contributed by atoms with van der Waals surface area (Å²) in [6, 6.07) is 0. The lowest BCUT2D eigenvalue weighted by atomic mass is 9.49. The zero-order valence-electron chi connectivity index (χ0n) is 12.5. The third-order valence-corrected chi connectivity index (χ3v) is 6.45. The average molecular weight is 319 g/mol. The molecule has 118 valence electrons. The number of nitrogens with zero attached hydrogens (tertiary/aromatic N) is 1. The number of nitrogens with one attached hydrogen (secondary N) is 1. The van der Waals surface area contributed by atoms with E-state index < -0.39 is 5.91 Å². The number of hydrogen-bond acceptors (Lipinski definition) is 4. The van der Waals surface area contributed by atoms with E-state index in [1.54, 1.807) is 5.38 Å². The minimum atomic E-state index is -0.399. The van der Waals surface area contributed by atoms with Gasteiger partial charge in [0, 0.05) is 5.38 Å². The summed E-state index contributed by atoms with van der Waals surface area (Å²) in [5.41, 5.74) is 5.65. The van der Waals surface area contributed by atoms with Crippen LogP contribution >= 0.6 is 11.3 Å². The van der Waals surface area contributed by atoms with Crippen molar-refractivity contribution >= 4 is 28.3 Å². The van der Waals surface area contributed by atoms with E-state index in [9.17, 15) is 9.59 Å². The Morgan fingerprint density at radius 2 is 1.82 bits per heavy atom. The standard InChI is InChI=1S/C16H21N3O2S/c17-13(20)4-12-8-22-15(18-12)19-14(21)16-5-9-1-10(6-16)3-11(2-9)7-16/h8-11H,1-7H2,(H2,17,20)(H,18,19,21). The van der Waals surface area contributed by atoms with Crippen LogP contribution in [-0.2, 0) is 16.0 Å². The van der Waals surface area contributed by atoms with Gasteiger partial charge in [-0.25, -0.2) is 4.98 Å². The third-order valence-electron chi connectivity index (χ3n) is 5.65. The molecule has 0 aromatic carbocycles. The Labute approximate surface area is 133 Å². The number of primary amides is 1. The summed E-state index contributed by atoms with van der Waals surface area (Å²) >= 11 is 1.37. The molecular weight excluding hydrogens is 298 g/mol. The molecule has 0 atom stereocenters. The minimum absolute atomic E-state index is 0.129. The van der Waals surface area contributed by atoms with Crippen LogP contribution in [0.25, 0.3) is 0 Å². The zero-order valence-corrected chi connectivity index (χ0v) is 13.3. The van der Waals surface area contributed by atoms with Crippen LogP contribution in [0.15, 0.2) is 5.38 Å². The normalized spacial score (nSPS) is 35.5. The van der Waals surface area contributed by atoms with Gasteiger partial charge in [0.2, 0.25) is 11.8 Å². The molecule has 5 nitrogen and oxygen atoms in total. The Morgan fingerprint density at radius 1 is 1.23 bits per heavy atom. The lowest BCUT2D eigenvalue weighted by molar-refractivity contribution is -0.140. The lowest BCUT2D eigenvalue weighted by Gasteiger charge is -2.55. The molecule has 6 heteroatoms. The van der Waals surface area contributed by atoms with E-state index in [1.807, 2.05) is 0 Å². The molecule has 1 aromatic heterocycles. The summed E-state index contributed by atoms with van der Waals surface area (Å²) in [5.74, 6) is 1.99. The molecule has 4 bridgehead atoms. The van der Waals surface area contributed by atoms with Gasteiger partial charge in [0.1, 0.15) is 0 Å². The molecule has 4 fully saturated rings. The molecule has 3 N–H and O–H groups in total. The first-order chi connectivity index (χ1) is 10.5. The Hall–Kier alpha value is -1.43. The fraction of sp³-hybridized carbons (Fsp3) is 0.688. The topological polar surface area (TPSA) is 85.1 Å². The molecule has 2 amide bonds. The molecule has 0 spiro atoms. The number of anilines is 1. The molecule has 4 saturated carbocycles. The van der Waals surface area contributed by atoms with Crippen LogP contribution in [0.2, 0.25) is 0 Å². The fourth-order valence-electron chi connectivity index (χ4n) is 5.24. The van der Waals surface area contributed by atoms with Crippen molar-refractivity contribution in [3.63, 3.8) is 0 Å². The Kier molecular flexibility index (Phi) is 3.25. The summed E-state index contributed by atoms with van der Waals surface area (Å²) in [5, 5.41) is 5.40. The summed E-state index contributed by atoms with van der Waals surface area (Å²) in [7, 11) is 0. The van der Waals surface area contributed by atoms with Crippen LogP contribution in [0.3, 0.4) is 0 Å². The first-order valence-electron chi connectivity index (χ1n) is 8.06. The number of amides is 2. The smallest absolute Gasteiger partial charge is 0.232 e. The Bertz CT molecular complexity index is 589. The second-order valence-corrected chi connectivity index (χ2v) is 8.30. The van der Waals surface area contributed by atoms with Crippen molar-refractivity contribution in [2.75, 3.05) is 5.32 Å². The van der Waals surface area contributed by atoms with E-state index in [0.717, 1.165) is 37.0 Å². The van der Waals surface area contributed by atoms with E-state index in [1.165, 1.54) is 30.6 Å². The molecule has 4 aliphatic rings. The molecule has 1 heterocycles. The van der Waals surface area contributed by atoms with Crippen LogP contribution in [-0.4, -0.2) is 16.8 Å². The van der Waals surface area contributed by atoms with Gasteiger partial charge in [0.05, 0.1) is 17.5 Å². The van der Waals surface area contributed by atoms with Crippen molar-refractivity contribution < 1.29 is 9.59 Å². The van der Waals surface area contributed by atoms with E-state index in [2.05, 4.69) is 10.3 Å². The summed E-state index contributed by atoms with van der Waals surface area (Å²) < 4.78 is 0. The number of carbonyl (C=O) groups is 2. The number of thiazole rings is 1. The van der Waals surface area contributed by atoms with Crippen molar-refractivity contribution in [3.05, 3.63) is 11.1 Å². The zero-order chi connectivity index (χ0) is 15.3. The molecule has 0 saturated heterocycles. The van der Waals surface area contributed by atoms with Crippen LogP contribution in [0, 0.1) is 23.2 Å². The molecule has 0 aliphatic heterocycles. The molecular formula is C16H21N3O2S. The SMILES string of the molecule is NC(=O)Cc1csc(NC(=O)C23CC4CC(CC(C4)C2)C3)n1. The largest absolute Gasteiger partial charge is 0.369 e. The minimum Gasteiger partial charge on any atom is -0.369 e. The number of aromatic nitrogens is 1. The molecule has 4 aliphatic carbocycles. The maximum Gasteiger partial charge on any atom is 0.232 e. The van der Waals surface area contributed by atoms with E-state index >= 15 is 0 Å². The van der Waals surface area contributed by atoms with Crippen molar-refractivity contribution in [1.82, 2.24) is 4.98 Å². The van der Waals surface area contributed by atoms with Gasteiger partial charge in [-0.3, -0.25) is 9.59 Å².